The summed E-state index contributed by atoms with van der Waals surface area (Å²) in [5.41, 5.74) is 0.973. The van der Waals surface area contributed by atoms with E-state index >= 15 is 0 Å². The van der Waals surface area contributed by atoms with Crippen LogP contribution >= 0.6 is 0 Å². The van der Waals surface area contributed by atoms with Crippen LogP contribution in [0.5, 0.6) is 0 Å². The van der Waals surface area contributed by atoms with Crippen molar-refractivity contribution in [3.8, 4) is 11.4 Å². The highest BCUT2D eigenvalue weighted by Gasteiger charge is 2.11. The smallest absolute Gasteiger partial charge is 0.268 e. The highest BCUT2D eigenvalue weighted by atomic mass is 16.2. The second-order valence-corrected chi connectivity index (χ2v) is 4.10. The van der Waals surface area contributed by atoms with Gasteiger partial charge in [0.05, 0.1) is 10.9 Å². The molecule has 0 aliphatic heterocycles. The number of carbonyl (C=O) groups is 1. The number of carbonyl (C=O) groups excluding carboxylic acids is 1. The number of hydrogen-bond donors (Lipinski definition) is 0. The summed E-state index contributed by atoms with van der Waals surface area (Å²) in [6.07, 6.45) is 0.504. The predicted octanol–water partition coefficient (Wildman–Crippen LogP) is 2.10. The molecule has 3 rings (SSSR count). The van der Waals surface area contributed by atoms with Gasteiger partial charge in [0.2, 0.25) is 6.41 Å². The zero-order chi connectivity index (χ0) is 13.2. The van der Waals surface area contributed by atoms with Crippen LogP contribution in [0.25, 0.3) is 22.3 Å². The van der Waals surface area contributed by atoms with Crippen LogP contribution in [0.1, 0.15) is 0 Å². The first-order chi connectivity index (χ1) is 9.31. The maximum atomic E-state index is 12.2. The lowest BCUT2D eigenvalue weighted by Crippen LogP contribution is -2.22. The summed E-state index contributed by atoms with van der Waals surface area (Å²) < 4.78 is 1.04. The maximum absolute atomic E-state index is 12.2. The van der Waals surface area contributed by atoms with E-state index in [-0.39, 0.29) is 5.56 Å². The molecule has 0 spiro atoms. The molecule has 2 aromatic carbocycles. The van der Waals surface area contributed by atoms with Gasteiger partial charge >= 0.3 is 0 Å². The lowest BCUT2D eigenvalue weighted by atomic mass is 10.2. The lowest BCUT2D eigenvalue weighted by molar-refractivity contribution is 0.546. The van der Waals surface area contributed by atoms with Gasteiger partial charge in [-0.1, -0.05) is 42.5 Å². The number of hydrogen-bond acceptors (Lipinski definition) is 3. The fourth-order valence-electron chi connectivity index (χ4n) is 2.03. The second-order valence-electron chi connectivity index (χ2n) is 4.10. The van der Waals surface area contributed by atoms with Crippen LogP contribution in [0, 0.1) is 0 Å². The Morgan fingerprint density at radius 1 is 0.947 bits per heavy atom. The lowest BCUT2D eigenvalue weighted by Gasteiger charge is -2.07. The molecule has 0 amide bonds. The molecule has 4 nitrogen and oxygen atoms in total. The molecule has 0 atom stereocenters. The van der Waals surface area contributed by atoms with Crippen molar-refractivity contribution in [1.82, 2.24) is 9.55 Å². The minimum absolute atomic E-state index is 0.348. The van der Waals surface area contributed by atoms with Gasteiger partial charge in [-0.2, -0.15) is 0 Å². The van der Waals surface area contributed by atoms with Gasteiger partial charge in [0.15, 0.2) is 0 Å². The highest BCUT2D eigenvalue weighted by Crippen LogP contribution is 2.17. The van der Waals surface area contributed by atoms with Crippen LogP contribution in [0.15, 0.2) is 59.4 Å². The van der Waals surface area contributed by atoms with Crippen LogP contribution < -0.4 is 5.56 Å². The molecule has 0 aliphatic rings. The quantitative estimate of drug-likeness (QED) is 0.654. The molecule has 3 aromatic rings. The van der Waals surface area contributed by atoms with Crippen molar-refractivity contribution in [2.45, 2.75) is 0 Å². The standard InChI is InChI=1S/C15H10N2O2/c18-10-17-14(11-6-2-1-3-7-11)16-13-9-5-4-8-12(13)15(17)19/h1-10H. The van der Waals surface area contributed by atoms with Crippen LogP contribution in [0.3, 0.4) is 0 Å². The van der Waals surface area contributed by atoms with Gasteiger partial charge in [-0.05, 0) is 12.1 Å². The molecule has 1 aromatic heterocycles. The summed E-state index contributed by atoms with van der Waals surface area (Å²) in [6, 6.07) is 16.2. The maximum Gasteiger partial charge on any atom is 0.268 e. The molecule has 0 N–H and O–H groups in total. The molecule has 0 saturated carbocycles. The van der Waals surface area contributed by atoms with Crippen molar-refractivity contribution in [1.29, 1.82) is 0 Å². The molecule has 0 aliphatic carbocycles. The minimum Gasteiger partial charge on any atom is -0.278 e. The van der Waals surface area contributed by atoms with Crippen molar-refractivity contribution in [2.24, 2.45) is 0 Å². The largest absolute Gasteiger partial charge is 0.278 e. The zero-order valence-corrected chi connectivity index (χ0v) is 9.98. The molecule has 19 heavy (non-hydrogen) atoms. The molecule has 92 valence electrons. The molecule has 0 saturated heterocycles. The third-order valence-electron chi connectivity index (χ3n) is 2.95. The molecule has 1 heterocycles. The normalized spacial score (nSPS) is 10.5. The fourth-order valence-corrected chi connectivity index (χ4v) is 2.03. The van der Waals surface area contributed by atoms with E-state index in [0.717, 1.165) is 10.1 Å². The first-order valence-electron chi connectivity index (χ1n) is 5.83. The van der Waals surface area contributed by atoms with Crippen LogP contribution in [0.4, 0.5) is 0 Å². The molecule has 0 bridgehead atoms. The van der Waals surface area contributed by atoms with E-state index in [2.05, 4.69) is 4.98 Å². The number of nitrogens with zero attached hydrogens (tertiary/aromatic N) is 2. The van der Waals surface area contributed by atoms with E-state index in [1.54, 1.807) is 18.2 Å². The van der Waals surface area contributed by atoms with Crippen molar-refractivity contribution in [2.75, 3.05) is 0 Å². The minimum atomic E-state index is -0.348. The summed E-state index contributed by atoms with van der Waals surface area (Å²) in [4.78, 5) is 27.8. The molecular weight excluding hydrogens is 240 g/mol. The van der Waals surface area contributed by atoms with Crippen molar-refractivity contribution >= 4 is 17.3 Å². The Hall–Kier alpha value is -2.75. The average Bonchev–Trinajstić information content (AvgIpc) is 2.48. The SMILES string of the molecule is O=Cn1c(-c2ccccc2)nc2ccccc2c1=O. The molecule has 4 heteroatoms. The van der Waals surface area contributed by atoms with Crippen LogP contribution in [-0.4, -0.2) is 16.0 Å². The Bertz CT molecular complexity index is 807. The Balaban J connectivity index is 2.42. The van der Waals surface area contributed by atoms with E-state index in [0.29, 0.717) is 23.1 Å². The predicted molar refractivity (Wildman–Crippen MR) is 73.6 cm³/mol. The second kappa shape index (κ2) is 4.49. The molecule has 0 fully saturated rings. The molecular formula is C15H10N2O2. The van der Waals surface area contributed by atoms with Crippen molar-refractivity contribution in [3.05, 3.63) is 65.0 Å². The number of fused-ring (bicyclic) bond motifs is 1. The van der Waals surface area contributed by atoms with Crippen LogP contribution in [-0.2, 0) is 4.79 Å². The first kappa shape index (κ1) is 11.3. The van der Waals surface area contributed by atoms with E-state index in [9.17, 15) is 9.59 Å². The van der Waals surface area contributed by atoms with Gasteiger partial charge in [-0.15, -0.1) is 0 Å². The summed E-state index contributed by atoms with van der Waals surface area (Å²) in [5.74, 6) is 0.360. The van der Waals surface area contributed by atoms with Crippen LogP contribution in [0.2, 0.25) is 0 Å². The third kappa shape index (κ3) is 1.83. The van der Waals surface area contributed by atoms with Crippen molar-refractivity contribution in [3.63, 3.8) is 0 Å². The number of rotatable bonds is 2. The average molecular weight is 250 g/mol. The monoisotopic (exact) mass is 250 g/mol. The number of para-hydroxylation sites is 1. The van der Waals surface area contributed by atoms with E-state index in [4.69, 9.17) is 0 Å². The molecule has 0 radical (unpaired) electrons. The van der Waals surface area contributed by atoms with Crippen molar-refractivity contribution < 1.29 is 4.79 Å². The fraction of sp³-hybridized carbons (Fsp3) is 0. The van der Waals surface area contributed by atoms with Gasteiger partial charge in [-0.25, -0.2) is 9.55 Å². The summed E-state index contributed by atoms with van der Waals surface area (Å²) in [7, 11) is 0. The Morgan fingerprint density at radius 2 is 1.63 bits per heavy atom. The van der Waals surface area contributed by atoms with Gasteiger partial charge in [0.25, 0.3) is 5.56 Å². The summed E-state index contributed by atoms with van der Waals surface area (Å²) in [6.45, 7) is 0. The van der Waals surface area contributed by atoms with E-state index in [1.165, 1.54) is 0 Å². The van der Waals surface area contributed by atoms with Gasteiger partial charge < -0.3 is 0 Å². The Labute approximate surface area is 109 Å². The third-order valence-corrected chi connectivity index (χ3v) is 2.95. The Morgan fingerprint density at radius 3 is 2.37 bits per heavy atom. The topological polar surface area (TPSA) is 52.0 Å². The number of benzene rings is 2. The van der Waals surface area contributed by atoms with Gasteiger partial charge in [0, 0.05) is 5.56 Å². The Kier molecular flexibility index (Phi) is 2.68. The van der Waals surface area contributed by atoms with E-state index < -0.39 is 0 Å². The first-order valence-corrected chi connectivity index (χ1v) is 5.83. The number of aromatic nitrogens is 2. The summed E-state index contributed by atoms with van der Waals surface area (Å²) in [5, 5.41) is 0.439. The van der Waals surface area contributed by atoms with Gasteiger partial charge in [-0.3, -0.25) is 9.59 Å². The van der Waals surface area contributed by atoms with E-state index in [1.807, 2.05) is 36.4 Å². The summed E-state index contributed by atoms with van der Waals surface area (Å²) >= 11 is 0. The zero-order valence-electron chi connectivity index (χ0n) is 9.98. The highest BCUT2D eigenvalue weighted by molar-refractivity contribution is 5.82. The van der Waals surface area contributed by atoms with Gasteiger partial charge in [0.1, 0.15) is 5.82 Å². The molecule has 0 unspecified atom stereocenters.